The standard InChI is InChI=1S/C14H15F2NO3.CH4/c1-14(2,3)12(18)17-11(7-20-13(17)19)8-4-5-9(15)10(16)6-8;/h4-6,11H,7H2,1-3H3;1H4/t11-;/m1./s1. The van der Waals surface area contributed by atoms with Crippen molar-refractivity contribution < 1.29 is 23.1 Å². The number of carbonyl (C=O) groups excluding carboxylic acids is 2. The fraction of sp³-hybridized carbons (Fsp3) is 0.467. The molecule has 1 aliphatic heterocycles. The van der Waals surface area contributed by atoms with Gasteiger partial charge in [-0.25, -0.2) is 18.5 Å². The van der Waals surface area contributed by atoms with E-state index in [1.807, 2.05) is 0 Å². The van der Waals surface area contributed by atoms with Gasteiger partial charge in [-0.15, -0.1) is 0 Å². The second-order valence-corrected chi connectivity index (χ2v) is 5.69. The van der Waals surface area contributed by atoms with Crippen LogP contribution in [0.1, 0.15) is 39.8 Å². The van der Waals surface area contributed by atoms with Crippen molar-refractivity contribution in [1.29, 1.82) is 0 Å². The summed E-state index contributed by atoms with van der Waals surface area (Å²) < 4.78 is 31.1. The highest BCUT2D eigenvalue weighted by Gasteiger charge is 2.43. The van der Waals surface area contributed by atoms with Crippen LogP contribution in [0.25, 0.3) is 0 Å². The first-order valence-corrected chi connectivity index (χ1v) is 6.17. The first kappa shape index (κ1) is 17.1. The van der Waals surface area contributed by atoms with E-state index in [4.69, 9.17) is 4.74 Å². The number of ether oxygens (including phenoxy) is 1. The number of hydrogen-bond acceptors (Lipinski definition) is 3. The van der Waals surface area contributed by atoms with Crippen LogP contribution in [0.2, 0.25) is 0 Å². The maximum atomic E-state index is 13.3. The molecule has 1 fully saturated rings. The number of benzene rings is 1. The summed E-state index contributed by atoms with van der Waals surface area (Å²) in [6, 6.07) is 2.55. The summed E-state index contributed by atoms with van der Waals surface area (Å²) in [7, 11) is 0. The Morgan fingerprint density at radius 3 is 2.43 bits per heavy atom. The largest absolute Gasteiger partial charge is 0.446 e. The van der Waals surface area contributed by atoms with Crippen LogP contribution < -0.4 is 0 Å². The molecule has 0 saturated carbocycles. The zero-order valence-corrected chi connectivity index (χ0v) is 11.4. The van der Waals surface area contributed by atoms with Gasteiger partial charge < -0.3 is 4.74 Å². The minimum atomic E-state index is -1.02. The van der Waals surface area contributed by atoms with E-state index in [2.05, 4.69) is 0 Å². The number of cyclic esters (lactones) is 1. The Bertz CT molecular complexity index is 567. The summed E-state index contributed by atoms with van der Waals surface area (Å²) in [5.41, 5.74) is -0.451. The van der Waals surface area contributed by atoms with Gasteiger partial charge in [0.2, 0.25) is 5.91 Å². The monoisotopic (exact) mass is 299 g/mol. The average Bonchev–Trinajstić information content (AvgIpc) is 2.72. The van der Waals surface area contributed by atoms with Crippen molar-refractivity contribution in [2.45, 2.75) is 34.2 Å². The highest BCUT2D eigenvalue weighted by atomic mass is 19.2. The van der Waals surface area contributed by atoms with Crippen molar-refractivity contribution in [1.82, 2.24) is 4.90 Å². The lowest BCUT2D eigenvalue weighted by atomic mass is 9.93. The van der Waals surface area contributed by atoms with Crippen molar-refractivity contribution in [3.05, 3.63) is 35.4 Å². The van der Waals surface area contributed by atoms with Gasteiger partial charge in [-0.1, -0.05) is 34.3 Å². The van der Waals surface area contributed by atoms with Crippen molar-refractivity contribution in [3.8, 4) is 0 Å². The predicted molar refractivity (Wildman–Crippen MR) is 73.5 cm³/mol. The van der Waals surface area contributed by atoms with Gasteiger partial charge in [-0.05, 0) is 17.7 Å². The molecule has 2 amide bonds. The van der Waals surface area contributed by atoms with Crippen LogP contribution in [0.5, 0.6) is 0 Å². The zero-order chi connectivity index (χ0) is 15.1. The van der Waals surface area contributed by atoms with Gasteiger partial charge in [0.1, 0.15) is 12.6 Å². The van der Waals surface area contributed by atoms with Crippen LogP contribution in [-0.4, -0.2) is 23.5 Å². The minimum absolute atomic E-state index is 0. The fourth-order valence-electron chi connectivity index (χ4n) is 1.97. The molecule has 1 atom stereocenters. The Kier molecular flexibility index (Phi) is 4.71. The Hall–Kier alpha value is -1.98. The molecule has 21 heavy (non-hydrogen) atoms. The normalized spacial score (nSPS) is 18.2. The molecule has 0 unspecified atom stereocenters. The number of amides is 2. The summed E-state index contributed by atoms with van der Waals surface area (Å²) in [6.45, 7) is 4.95. The van der Waals surface area contributed by atoms with Crippen LogP contribution in [-0.2, 0) is 9.53 Å². The molecule has 116 valence electrons. The molecule has 0 aromatic heterocycles. The van der Waals surface area contributed by atoms with Crippen LogP contribution in [0.4, 0.5) is 13.6 Å². The SMILES string of the molecule is C.CC(C)(C)C(=O)N1C(=O)OC[C@@H]1c1ccc(F)c(F)c1. The minimum Gasteiger partial charge on any atom is -0.446 e. The molecule has 2 rings (SSSR count). The van der Waals surface area contributed by atoms with E-state index >= 15 is 0 Å². The molecule has 1 heterocycles. The third-order valence-corrected chi connectivity index (χ3v) is 3.06. The lowest BCUT2D eigenvalue weighted by molar-refractivity contribution is -0.137. The van der Waals surface area contributed by atoms with E-state index in [1.54, 1.807) is 20.8 Å². The highest BCUT2D eigenvalue weighted by molar-refractivity contribution is 5.96. The van der Waals surface area contributed by atoms with E-state index in [1.165, 1.54) is 6.07 Å². The van der Waals surface area contributed by atoms with Crippen LogP contribution >= 0.6 is 0 Å². The van der Waals surface area contributed by atoms with E-state index in [-0.39, 0.29) is 14.0 Å². The van der Waals surface area contributed by atoms with Gasteiger partial charge in [-0.3, -0.25) is 4.79 Å². The third-order valence-electron chi connectivity index (χ3n) is 3.06. The highest BCUT2D eigenvalue weighted by Crippen LogP contribution is 2.32. The molecule has 0 radical (unpaired) electrons. The summed E-state index contributed by atoms with van der Waals surface area (Å²) in [5, 5.41) is 0. The average molecular weight is 299 g/mol. The van der Waals surface area contributed by atoms with E-state index in [9.17, 15) is 18.4 Å². The second kappa shape index (κ2) is 5.79. The van der Waals surface area contributed by atoms with Crippen LogP contribution in [0.3, 0.4) is 0 Å². The fourth-order valence-corrected chi connectivity index (χ4v) is 1.97. The van der Waals surface area contributed by atoms with Gasteiger partial charge in [0.25, 0.3) is 0 Å². The van der Waals surface area contributed by atoms with Gasteiger partial charge in [0, 0.05) is 5.41 Å². The maximum absolute atomic E-state index is 13.3. The number of imide groups is 1. The number of rotatable bonds is 1. The molecule has 1 aromatic carbocycles. The van der Waals surface area contributed by atoms with Gasteiger partial charge in [0.15, 0.2) is 11.6 Å². The summed E-state index contributed by atoms with van der Waals surface area (Å²) in [4.78, 5) is 24.9. The Morgan fingerprint density at radius 2 is 1.90 bits per heavy atom. The molecule has 1 aromatic rings. The quantitative estimate of drug-likeness (QED) is 0.795. The zero-order valence-electron chi connectivity index (χ0n) is 11.4. The van der Waals surface area contributed by atoms with Crippen molar-refractivity contribution in [3.63, 3.8) is 0 Å². The van der Waals surface area contributed by atoms with Crippen LogP contribution in [0.15, 0.2) is 18.2 Å². The molecule has 0 N–H and O–H groups in total. The first-order valence-electron chi connectivity index (χ1n) is 6.17. The van der Waals surface area contributed by atoms with Gasteiger partial charge >= 0.3 is 6.09 Å². The summed E-state index contributed by atoms with van der Waals surface area (Å²) in [5.74, 6) is -2.42. The molecule has 0 spiro atoms. The van der Waals surface area contributed by atoms with E-state index < -0.39 is 35.1 Å². The molecular weight excluding hydrogens is 280 g/mol. The van der Waals surface area contributed by atoms with Crippen LogP contribution in [0, 0.1) is 17.0 Å². The molecular formula is C15H19F2NO3. The number of carbonyl (C=O) groups is 2. The van der Waals surface area contributed by atoms with Crippen molar-refractivity contribution in [2.24, 2.45) is 5.41 Å². The van der Waals surface area contributed by atoms with Gasteiger partial charge in [0.05, 0.1) is 0 Å². The molecule has 1 saturated heterocycles. The van der Waals surface area contributed by atoms with Crippen molar-refractivity contribution >= 4 is 12.0 Å². The molecule has 0 bridgehead atoms. The lowest BCUT2D eigenvalue weighted by Gasteiger charge is -2.27. The summed E-state index contributed by atoms with van der Waals surface area (Å²) >= 11 is 0. The number of nitrogens with zero attached hydrogens (tertiary/aromatic N) is 1. The van der Waals surface area contributed by atoms with E-state index in [0.717, 1.165) is 17.0 Å². The Balaban J connectivity index is 0.00000220. The second-order valence-electron chi connectivity index (χ2n) is 5.69. The molecule has 0 aliphatic carbocycles. The Morgan fingerprint density at radius 1 is 1.29 bits per heavy atom. The first-order chi connectivity index (χ1) is 9.21. The molecule has 6 heteroatoms. The maximum Gasteiger partial charge on any atom is 0.417 e. The number of hydrogen-bond donors (Lipinski definition) is 0. The summed E-state index contributed by atoms with van der Waals surface area (Å²) in [6.07, 6.45) is -0.764. The smallest absolute Gasteiger partial charge is 0.417 e. The topological polar surface area (TPSA) is 46.6 Å². The lowest BCUT2D eigenvalue weighted by Crippen LogP contribution is -2.41. The number of halogens is 2. The van der Waals surface area contributed by atoms with Gasteiger partial charge in [-0.2, -0.15) is 0 Å². The van der Waals surface area contributed by atoms with Crippen molar-refractivity contribution in [2.75, 3.05) is 6.61 Å². The third kappa shape index (κ3) is 3.20. The Labute approximate surface area is 122 Å². The molecule has 4 nitrogen and oxygen atoms in total. The molecule has 1 aliphatic rings. The van der Waals surface area contributed by atoms with E-state index in [0.29, 0.717) is 5.56 Å². The predicted octanol–water partition coefficient (Wildman–Crippen LogP) is 3.67.